The van der Waals surface area contributed by atoms with Crippen LogP contribution < -0.4 is 4.74 Å². The van der Waals surface area contributed by atoms with Gasteiger partial charge in [-0.2, -0.15) is 0 Å². The normalized spacial score (nSPS) is 16.1. The van der Waals surface area contributed by atoms with E-state index >= 15 is 0 Å². The Morgan fingerprint density at radius 3 is 2.62 bits per heavy atom. The number of para-hydroxylation sites is 1. The molecule has 1 aromatic heterocycles. The van der Waals surface area contributed by atoms with Gasteiger partial charge in [-0.25, -0.2) is 0 Å². The molecule has 0 spiro atoms. The molecular weight excluding hydrogens is 362 g/mol. The van der Waals surface area contributed by atoms with Crippen LogP contribution in [0.15, 0.2) is 60.7 Å². The number of aryl methyl sites for hydroxylation is 1. The molecule has 1 fully saturated rings. The van der Waals surface area contributed by atoms with Crippen molar-refractivity contribution in [2.24, 2.45) is 0 Å². The highest BCUT2D eigenvalue weighted by atomic mass is 16.5. The molecule has 0 bridgehead atoms. The Morgan fingerprint density at radius 1 is 1.10 bits per heavy atom. The number of aromatic nitrogens is 1. The minimum Gasteiger partial charge on any atom is -0.485 e. The summed E-state index contributed by atoms with van der Waals surface area (Å²) in [6, 6.07) is 19.9. The largest absolute Gasteiger partial charge is 0.485 e. The summed E-state index contributed by atoms with van der Waals surface area (Å²) >= 11 is 0. The summed E-state index contributed by atoms with van der Waals surface area (Å²) in [7, 11) is 0. The maximum Gasteiger partial charge on any atom is 0.202 e. The molecule has 1 atom stereocenters. The summed E-state index contributed by atoms with van der Waals surface area (Å²) < 4.78 is 13.9. The molecule has 1 unspecified atom stereocenters. The second-order valence-electron chi connectivity index (χ2n) is 7.60. The summed E-state index contributed by atoms with van der Waals surface area (Å²) in [6.07, 6.45) is 2.45. The Kier molecular flexibility index (Phi) is 5.81. The Morgan fingerprint density at radius 2 is 1.86 bits per heavy atom. The Bertz CT molecular complexity index is 985. The molecule has 0 saturated carbocycles. The number of carbonyl (C=O) groups excluding carboxylic acids is 1. The van der Waals surface area contributed by atoms with Gasteiger partial charge in [-0.3, -0.25) is 4.79 Å². The highest BCUT2D eigenvalue weighted by Gasteiger charge is 2.21. The van der Waals surface area contributed by atoms with Gasteiger partial charge in [-0.15, -0.1) is 0 Å². The average Bonchev–Trinajstić information content (AvgIpc) is 3.37. The van der Waals surface area contributed by atoms with Gasteiger partial charge in [0.15, 0.2) is 6.61 Å². The standard InChI is InChI=1S/C25H27NO3/c1-18-15-23(19(2)26(18)16-21-11-8-14-28-21)24(27)17-29-25-13-7-6-12-22(25)20-9-4-3-5-10-20/h3-7,9-10,12-13,15,21H,8,11,14,16-17H2,1-2H3. The fourth-order valence-corrected chi connectivity index (χ4v) is 4.03. The van der Waals surface area contributed by atoms with E-state index in [-0.39, 0.29) is 18.5 Å². The van der Waals surface area contributed by atoms with E-state index in [0.717, 1.165) is 59.8 Å². The first-order chi connectivity index (χ1) is 14.1. The predicted molar refractivity (Wildman–Crippen MR) is 115 cm³/mol. The summed E-state index contributed by atoms with van der Waals surface area (Å²) in [4.78, 5) is 12.9. The maximum absolute atomic E-state index is 12.9. The molecule has 4 rings (SSSR count). The zero-order valence-electron chi connectivity index (χ0n) is 17.1. The van der Waals surface area contributed by atoms with E-state index in [2.05, 4.69) is 4.57 Å². The van der Waals surface area contributed by atoms with Gasteiger partial charge in [0, 0.05) is 35.7 Å². The highest BCUT2D eigenvalue weighted by molar-refractivity contribution is 5.98. The van der Waals surface area contributed by atoms with Crippen LogP contribution in [0, 0.1) is 13.8 Å². The maximum atomic E-state index is 12.9. The minimum atomic E-state index is -0.000412. The monoisotopic (exact) mass is 389 g/mol. The number of benzene rings is 2. The van der Waals surface area contributed by atoms with Gasteiger partial charge in [-0.05, 0) is 44.4 Å². The van der Waals surface area contributed by atoms with Crippen molar-refractivity contribution in [1.82, 2.24) is 4.57 Å². The number of ketones is 1. The first-order valence-corrected chi connectivity index (χ1v) is 10.2. The van der Waals surface area contributed by atoms with E-state index in [9.17, 15) is 4.79 Å². The summed E-state index contributed by atoms with van der Waals surface area (Å²) in [6.45, 7) is 5.72. The van der Waals surface area contributed by atoms with Crippen molar-refractivity contribution in [2.75, 3.05) is 13.2 Å². The SMILES string of the molecule is Cc1cc(C(=O)COc2ccccc2-c2ccccc2)c(C)n1CC1CCCO1. The van der Waals surface area contributed by atoms with Crippen molar-refractivity contribution in [2.45, 2.75) is 39.3 Å². The van der Waals surface area contributed by atoms with Gasteiger partial charge in [0.25, 0.3) is 0 Å². The second kappa shape index (κ2) is 8.66. The van der Waals surface area contributed by atoms with Crippen molar-refractivity contribution in [3.05, 3.63) is 77.6 Å². The fourth-order valence-electron chi connectivity index (χ4n) is 4.03. The lowest BCUT2D eigenvalue weighted by atomic mass is 10.0. The molecular formula is C25H27NO3. The number of carbonyl (C=O) groups is 1. The lowest BCUT2D eigenvalue weighted by Crippen LogP contribution is -2.18. The Labute approximate surface area is 172 Å². The molecule has 4 heteroatoms. The quantitative estimate of drug-likeness (QED) is 0.521. The Balaban J connectivity index is 1.48. The van der Waals surface area contributed by atoms with E-state index in [1.54, 1.807) is 0 Å². The number of nitrogens with zero attached hydrogens (tertiary/aromatic N) is 1. The molecule has 3 aromatic rings. The third-order valence-corrected chi connectivity index (χ3v) is 5.61. The van der Waals surface area contributed by atoms with Gasteiger partial charge in [0.05, 0.1) is 6.10 Å². The number of Topliss-reactive ketones (excluding diaryl/α,β-unsaturated/α-hetero) is 1. The molecule has 2 heterocycles. The van der Waals surface area contributed by atoms with Gasteiger partial charge < -0.3 is 14.0 Å². The topological polar surface area (TPSA) is 40.5 Å². The molecule has 29 heavy (non-hydrogen) atoms. The number of hydrogen-bond acceptors (Lipinski definition) is 3. The van der Waals surface area contributed by atoms with E-state index in [0.29, 0.717) is 0 Å². The third kappa shape index (κ3) is 4.28. The molecule has 0 N–H and O–H groups in total. The number of rotatable bonds is 7. The van der Waals surface area contributed by atoms with Crippen molar-refractivity contribution in [3.63, 3.8) is 0 Å². The lowest BCUT2D eigenvalue weighted by molar-refractivity contribution is 0.0915. The van der Waals surface area contributed by atoms with Crippen LogP contribution in [0.3, 0.4) is 0 Å². The smallest absolute Gasteiger partial charge is 0.202 e. The lowest BCUT2D eigenvalue weighted by Gasteiger charge is -2.15. The van der Waals surface area contributed by atoms with E-state index in [1.165, 1.54) is 0 Å². The molecule has 0 radical (unpaired) electrons. The van der Waals surface area contributed by atoms with Crippen LogP contribution in [0.2, 0.25) is 0 Å². The Hall–Kier alpha value is -2.85. The average molecular weight is 389 g/mol. The summed E-state index contributed by atoms with van der Waals surface area (Å²) in [5.74, 6) is 0.722. The van der Waals surface area contributed by atoms with E-state index in [4.69, 9.17) is 9.47 Å². The summed E-state index contributed by atoms with van der Waals surface area (Å²) in [5.41, 5.74) is 4.88. The van der Waals surface area contributed by atoms with Crippen LogP contribution in [-0.2, 0) is 11.3 Å². The van der Waals surface area contributed by atoms with Gasteiger partial charge in [0.1, 0.15) is 5.75 Å². The minimum absolute atomic E-state index is 0.000412. The predicted octanol–water partition coefficient (Wildman–Crippen LogP) is 5.21. The number of hydrogen-bond donors (Lipinski definition) is 0. The zero-order valence-corrected chi connectivity index (χ0v) is 17.1. The van der Waals surface area contributed by atoms with Crippen molar-refractivity contribution in [3.8, 4) is 16.9 Å². The third-order valence-electron chi connectivity index (χ3n) is 5.61. The molecule has 0 amide bonds. The van der Waals surface area contributed by atoms with E-state index < -0.39 is 0 Å². The van der Waals surface area contributed by atoms with Gasteiger partial charge >= 0.3 is 0 Å². The van der Waals surface area contributed by atoms with Crippen LogP contribution in [0.4, 0.5) is 0 Å². The highest BCUT2D eigenvalue weighted by Crippen LogP contribution is 2.30. The van der Waals surface area contributed by atoms with Crippen molar-refractivity contribution in [1.29, 1.82) is 0 Å². The van der Waals surface area contributed by atoms with Crippen molar-refractivity contribution < 1.29 is 14.3 Å². The molecule has 150 valence electrons. The van der Waals surface area contributed by atoms with E-state index in [1.807, 2.05) is 74.5 Å². The van der Waals surface area contributed by atoms with Crippen LogP contribution in [0.5, 0.6) is 5.75 Å². The van der Waals surface area contributed by atoms with Gasteiger partial charge in [-0.1, -0.05) is 48.5 Å². The fraction of sp³-hybridized carbons (Fsp3) is 0.320. The molecule has 2 aromatic carbocycles. The van der Waals surface area contributed by atoms with Gasteiger partial charge in [0.2, 0.25) is 5.78 Å². The number of ether oxygens (including phenoxy) is 2. The van der Waals surface area contributed by atoms with Crippen molar-refractivity contribution >= 4 is 5.78 Å². The zero-order chi connectivity index (χ0) is 20.2. The molecule has 1 aliphatic rings. The molecule has 1 aliphatic heterocycles. The molecule has 1 saturated heterocycles. The second-order valence-corrected chi connectivity index (χ2v) is 7.60. The van der Waals surface area contributed by atoms with Crippen LogP contribution >= 0.6 is 0 Å². The molecule has 0 aliphatic carbocycles. The first kappa shape index (κ1) is 19.5. The summed E-state index contributed by atoms with van der Waals surface area (Å²) in [5, 5.41) is 0. The van der Waals surface area contributed by atoms with Crippen LogP contribution in [0.25, 0.3) is 11.1 Å². The molecule has 4 nitrogen and oxygen atoms in total. The van der Waals surface area contributed by atoms with Crippen LogP contribution in [-0.4, -0.2) is 29.7 Å². The van der Waals surface area contributed by atoms with Crippen LogP contribution in [0.1, 0.15) is 34.6 Å². The first-order valence-electron chi connectivity index (χ1n) is 10.2.